The largest absolute Gasteiger partial charge is 0.352 e. The van der Waals surface area contributed by atoms with Crippen LogP contribution >= 0.6 is 0 Å². The Hall–Kier alpha value is -2.05. The predicted octanol–water partition coefficient (Wildman–Crippen LogP) is 0.807. The SMILES string of the molecule is Cn1c(=O)c2[nH]c(NC3C(C)(C)C3(C)C)nc2n(C)c1=O. The Bertz CT molecular complexity index is 839. The lowest BCUT2D eigenvalue weighted by molar-refractivity contribution is 0.457. The molecule has 2 aromatic rings. The number of imidazole rings is 1. The van der Waals surface area contributed by atoms with Crippen LogP contribution in [-0.4, -0.2) is 25.1 Å². The quantitative estimate of drug-likeness (QED) is 0.857. The Morgan fingerprint density at radius 1 is 1.10 bits per heavy atom. The van der Waals surface area contributed by atoms with Crippen molar-refractivity contribution in [3.05, 3.63) is 20.8 Å². The molecule has 0 bridgehead atoms. The van der Waals surface area contributed by atoms with Crippen LogP contribution in [0.1, 0.15) is 27.7 Å². The lowest BCUT2D eigenvalue weighted by Crippen LogP contribution is -2.36. The molecule has 7 nitrogen and oxygen atoms in total. The molecule has 7 heteroatoms. The number of hydrogen-bond acceptors (Lipinski definition) is 4. The summed E-state index contributed by atoms with van der Waals surface area (Å²) in [5.74, 6) is 0.534. The first-order valence-corrected chi connectivity index (χ1v) is 7.01. The van der Waals surface area contributed by atoms with E-state index in [2.05, 4.69) is 43.0 Å². The van der Waals surface area contributed by atoms with Gasteiger partial charge in [0, 0.05) is 20.1 Å². The van der Waals surface area contributed by atoms with Gasteiger partial charge in [0.1, 0.15) is 0 Å². The third-order valence-corrected chi connectivity index (χ3v) is 5.40. The van der Waals surface area contributed by atoms with E-state index in [4.69, 9.17) is 0 Å². The number of fused-ring (bicyclic) bond motifs is 1. The normalized spacial score (nSPS) is 19.9. The van der Waals surface area contributed by atoms with Crippen LogP contribution < -0.4 is 16.6 Å². The topological polar surface area (TPSA) is 84.7 Å². The maximum atomic E-state index is 12.1. The number of aromatic amines is 1. The highest BCUT2D eigenvalue weighted by atomic mass is 16.2. The van der Waals surface area contributed by atoms with Gasteiger partial charge in [0.2, 0.25) is 5.95 Å². The predicted molar refractivity (Wildman–Crippen MR) is 81.5 cm³/mol. The van der Waals surface area contributed by atoms with Gasteiger partial charge in [-0.05, 0) is 10.8 Å². The third-order valence-electron chi connectivity index (χ3n) is 5.40. The molecule has 2 heterocycles. The zero-order valence-corrected chi connectivity index (χ0v) is 13.2. The summed E-state index contributed by atoms with van der Waals surface area (Å²) in [6.07, 6.45) is 0. The van der Waals surface area contributed by atoms with Gasteiger partial charge in [-0.1, -0.05) is 27.7 Å². The number of H-pyrrole nitrogens is 1. The number of anilines is 1. The van der Waals surface area contributed by atoms with E-state index in [0.29, 0.717) is 17.1 Å². The molecule has 1 saturated carbocycles. The highest BCUT2D eigenvalue weighted by molar-refractivity contribution is 5.72. The van der Waals surface area contributed by atoms with Crippen molar-refractivity contribution in [1.29, 1.82) is 0 Å². The van der Waals surface area contributed by atoms with Crippen molar-refractivity contribution in [2.75, 3.05) is 5.32 Å². The van der Waals surface area contributed by atoms with E-state index in [1.165, 1.54) is 11.6 Å². The molecule has 1 fully saturated rings. The van der Waals surface area contributed by atoms with Crippen molar-refractivity contribution in [2.45, 2.75) is 33.7 Å². The summed E-state index contributed by atoms with van der Waals surface area (Å²) in [4.78, 5) is 31.4. The molecule has 0 aromatic carbocycles. The van der Waals surface area contributed by atoms with Gasteiger partial charge in [-0.3, -0.25) is 13.9 Å². The maximum absolute atomic E-state index is 12.1. The molecule has 2 N–H and O–H groups in total. The molecule has 114 valence electrons. The van der Waals surface area contributed by atoms with Gasteiger partial charge < -0.3 is 10.3 Å². The highest BCUT2D eigenvalue weighted by Gasteiger charge is 2.65. The molecular weight excluding hydrogens is 270 g/mol. The van der Waals surface area contributed by atoms with Crippen LogP contribution in [0.25, 0.3) is 11.2 Å². The smallest absolute Gasteiger partial charge is 0.332 e. The molecule has 1 aliphatic rings. The number of hydrogen-bond donors (Lipinski definition) is 2. The number of aryl methyl sites for hydroxylation is 1. The van der Waals surface area contributed by atoms with Crippen LogP contribution in [0.5, 0.6) is 0 Å². The Morgan fingerprint density at radius 3 is 2.19 bits per heavy atom. The Labute approximate surface area is 122 Å². The number of aromatic nitrogens is 4. The Morgan fingerprint density at radius 2 is 1.67 bits per heavy atom. The van der Waals surface area contributed by atoms with Crippen LogP contribution in [0.15, 0.2) is 9.59 Å². The third kappa shape index (κ3) is 1.63. The van der Waals surface area contributed by atoms with Crippen molar-refractivity contribution < 1.29 is 0 Å². The molecule has 0 aliphatic heterocycles. The first-order valence-electron chi connectivity index (χ1n) is 7.01. The summed E-state index contributed by atoms with van der Waals surface area (Å²) >= 11 is 0. The van der Waals surface area contributed by atoms with Gasteiger partial charge in [-0.2, -0.15) is 4.98 Å². The van der Waals surface area contributed by atoms with E-state index in [-0.39, 0.29) is 28.1 Å². The van der Waals surface area contributed by atoms with Gasteiger partial charge in [-0.15, -0.1) is 0 Å². The number of nitrogens with zero attached hydrogens (tertiary/aromatic N) is 3. The van der Waals surface area contributed by atoms with Gasteiger partial charge in [0.25, 0.3) is 5.56 Å². The molecule has 0 spiro atoms. The van der Waals surface area contributed by atoms with Crippen molar-refractivity contribution in [1.82, 2.24) is 19.1 Å². The van der Waals surface area contributed by atoms with Crippen molar-refractivity contribution in [3.63, 3.8) is 0 Å². The minimum absolute atomic E-state index is 0.156. The average Bonchev–Trinajstić information content (AvgIpc) is 2.76. The second-order valence-electron chi connectivity index (χ2n) is 7.01. The van der Waals surface area contributed by atoms with E-state index < -0.39 is 0 Å². The average molecular weight is 291 g/mol. The summed E-state index contributed by atoms with van der Waals surface area (Å²) in [6.45, 7) is 8.79. The van der Waals surface area contributed by atoms with E-state index in [1.54, 1.807) is 7.05 Å². The van der Waals surface area contributed by atoms with E-state index >= 15 is 0 Å². The van der Waals surface area contributed by atoms with Crippen LogP contribution in [0.3, 0.4) is 0 Å². The summed E-state index contributed by atoms with van der Waals surface area (Å²) in [6, 6.07) is 0.270. The van der Waals surface area contributed by atoms with Crippen molar-refractivity contribution in [2.24, 2.45) is 24.9 Å². The fourth-order valence-electron chi connectivity index (χ4n) is 3.09. The Balaban J connectivity index is 2.08. The first kappa shape index (κ1) is 13.9. The van der Waals surface area contributed by atoms with Gasteiger partial charge in [0.05, 0.1) is 0 Å². The summed E-state index contributed by atoms with van der Waals surface area (Å²) in [5.41, 5.74) is 0.298. The Kier molecular flexibility index (Phi) is 2.50. The van der Waals surface area contributed by atoms with E-state index in [1.807, 2.05) is 0 Å². The number of rotatable bonds is 2. The van der Waals surface area contributed by atoms with Gasteiger partial charge >= 0.3 is 5.69 Å². The molecule has 0 radical (unpaired) electrons. The van der Waals surface area contributed by atoms with Crippen LogP contribution in [0, 0.1) is 10.8 Å². The molecule has 0 unspecified atom stereocenters. The number of nitrogens with one attached hydrogen (secondary N) is 2. The summed E-state index contributed by atoms with van der Waals surface area (Å²) in [5, 5.41) is 3.35. The fourth-order valence-corrected chi connectivity index (χ4v) is 3.09. The van der Waals surface area contributed by atoms with Gasteiger partial charge in [-0.25, -0.2) is 4.79 Å². The van der Waals surface area contributed by atoms with Crippen LogP contribution in [-0.2, 0) is 14.1 Å². The molecule has 2 aromatic heterocycles. The van der Waals surface area contributed by atoms with Crippen LogP contribution in [0.4, 0.5) is 5.95 Å². The molecule has 0 atom stereocenters. The lowest BCUT2D eigenvalue weighted by Gasteiger charge is -2.03. The summed E-state index contributed by atoms with van der Waals surface area (Å²) in [7, 11) is 3.07. The fraction of sp³-hybridized carbons (Fsp3) is 0.643. The standard InChI is InChI=1S/C14H21N5O2/c1-13(2)10(14(13,3)4)17-11-15-7-8(16-11)18(5)12(21)19(6)9(7)20/h10H,1-6H3,(H2,15,16,17). The molecule has 21 heavy (non-hydrogen) atoms. The second-order valence-corrected chi connectivity index (χ2v) is 7.01. The van der Waals surface area contributed by atoms with E-state index in [0.717, 1.165) is 4.57 Å². The minimum Gasteiger partial charge on any atom is -0.352 e. The van der Waals surface area contributed by atoms with Crippen molar-refractivity contribution >= 4 is 17.1 Å². The maximum Gasteiger partial charge on any atom is 0.332 e. The molecule has 0 saturated heterocycles. The second kappa shape index (κ2) is 3.78. The molecule has 3 rings (SSSR count). The minimum atomic E-state index is -0.377. The summed E-state index contributed by atoms with van der Waals surface area (Å²) < 4.78 is 2.46. The molecular formula is C14H21N5O2. The first-order chi connectivity index (χ1) is 9.59. The monoisotopic (exact) mass is 291 g/mol. The molecule has 1 aliphatic carbocycles. The van der Waals surface area contributed by atoms with Gasteiger partial charge in [0.15, 0.2) is 11.2 Å². The van der Waals surface area contributed by atoms with E-state index in [9.17, 15) is 9.59 Å². The zero-order chi connectivity index (χ0) is 15.7. The van der Waals surface area contributed by atoms with Crippen molar-refractivity contribution in [3.8, 4) is 0 Å². The zero-order valence-electron chi connectivity index (χ0n) is 13.2. The lowest BCUT2D eigenvalue weighted by atomic mass is 10.0. The highest BCUT2D eigenvalue weighted by Crippen LogP contribution is 2.63. The molecule has 0 amide bonds. The van der Waals surface area contributed by atoms with Crippen LogP contribution in [0.2, 0.25) is 0 Å².